The highest BCUT2D eigenvalue weighted by molar-refractivity contribution is 5.65. The van der Waals surface area contributed by atoms with Crippen molar-refractivity contribution in [2.45, 2.75) is 90.9 Å². The summed E-state index contributed by atoms with van der Waals surface area (Å²) in [7, 11) is 0. The molecular formula is C44H52F4O4. The first-order chi connectivity index (χ1) is 25.1. The smallest absolute Gasteiger partial charge is 0.352 e. The summed E-state index contributed by atoms with van der Waals surface area (Å²) in [5.74, 6) is 0.902. The summed E-state index contributed by atoms with van der Waals surface area (Å²) in [4.78, 5) is 0. The van der Waals surface area contributed by atoms with Gasteiger partial charge in [-0.25, -0.2) is 4.39 Å². The number of aryl methyl sites for hydroxylation is 3. The average Bonchev–Trinajstić information content (AvgIpc) is 3.16. The van der Waals surface area contributed by atoms with Gasteiger partial charge in [0.15, 0.2) is 12.6 Å². The molecule has 2 fully saturated rings. The maximum atomic E-state index is 13.7. The zero-order chi connectivity index (χ0) is 36.9. The standard InChI is InChI=1S/C22H25F3O2.C22H27FO2/c1-2-3-17-14-26-21(27-15-17)13-6-16-4-7-18(8-5-16)19-9-11-20(12-10-19)22(23,24)25;1-3-4-18-14-24-22(25-15-18)12-8-17-6-10-19(11-7-17)20-9-5-16(2)21(23)13-20/h4-5,7-12,17,21H,2-3,6,13-15H2,1H3;5-7,9-11,13,18,22H,3-4,8,12,14-15H2,1-2H3. The minimum absolute atomic E-state index is 0.0843. The Morgan fingerprint density at radius 2 is 0.923 bits per heavy atom. The highest BCUT2D eigenvalue weighted by Gasteiger charge is 2.30. The van der Waals surface area contributed by atoms with Gasteiger partial charge in [-0.15, -0.1) is 0 Å². The van der Waals surface area contributed by atoms with Crippen molar-refractivity contribution in [3.63, 3.8) is 0 Å². The van der Waals surface area contributed by atoms with E-state index >= 15 is 0 Å². The van der Waals surface area contributed by atoms with Crippen molar-refractivity contribution in [3.8, 4) is 22.3 Å². The van der Waals surface area contributed by atoms with E-state index in [9.17, 15) is 17.6 Å². The van der Waals surface area contributed by atoms with Gasteiger partial charge in [-0.3, -0.25) is 0 Å². The third-order valence-electron chi connectivity index (χ3n) is 9.76. The number of hydrogen-bond donors (Lipinski definition) is 0. The predicted octanol–water partition coefficient (Wildman–Crippen LogP) is 11.6. The van der Waals surface area contributed by atoms with Crippen molar-refractivity contribution in [1.82, 2.24) is 0 Å². The first-order valence-electron chi connectivity index (χ1n) is 18.7. The third kappa shape index (κ3) is 12.0. The van der Waals surface area contributed by atoms with Crippen molar-refractivity contribution >= 4 is 0 Å². The lowest BCUT2D eigenvalue weighted by atomic mass is 10.0. The molecule has 2 aliphatic rings. The van der Waals surface area contributed by atoms with Crippen molar-refractivity contribution in [2.75, 3.05) is 26.4 Å². The van der Waals surface area contributed by atoms with Crippen LogP contribution < -0.4 is 0 Å². The molecule has 0 aromatic heterocycles. The van der Waals surface area contributed by atoms with Crippen molar-refractivity contribution < 1.29 is 36.5 Å². The van der Waals surface area contributed by atoms with Gasteiger partial charge in [0.05, 0.1) is 32.0 Å². The van der Waals surface area contributed by atoms with Crippen molar-refractivity contribution in [2.24, 2.45) is 11.8 Å². The van der Waals surface area contributed by atoms with Crippen molar-refractivity contribution in [3.05, 3.63) is 119 Å². The fourth-order valence-corrected chi connectivity index (χ4v) is 6.57. The highest BCUT2D eigenvalue weighted by atomic mass is 19.4. The second-order valence-electron chi connectivity index (χ2n) is 14.0. The van der Waals surface area contributed by atoms with Crippen LogP contribution in [0.3, 0.4) is 0 Å². The Morgan fingerprint density at radius 3 is 1.31 bits per heavy atom. The molecule has 0 spiro atoms. The largest absolute Gasteiger partial charge is 0.416 e. The molecule has 2 heterocycles. The van der Waals surface area contributed by atoms with Gasteiger partial charge in [0.1, 0.15) is 5.82 Å². The van der Waals surface area contributed by atoms with Crippen LogP contribution in [0.25, 0.3) is 22.3 Å². The van der Waals surface area contributed by atoms with Gasteiger partial charge in [-0.05, 0) is 89.8 Å². The maximum absolute atomic E-state index is 13.7. The normalized spacial score (nSPS) is 20.6. The van der Waals surface area contributed by atoms with Crippen LogP contribution in [0.1, 0.15) is 74.6 Å². The Balaban J connectivity index is 0.000000202. The summed E-state index contributed by atoms with van der Waals surface area (Å²) >= 11 is 0. The zero-order valence-electron chi connectivity index (χ0n) is 30.6. The van der Waals surface area contributed by atoms with E-state index in [-0.39, 0.29) is 18.4 Å². The first kappa shape index (κ1) is 39.6. The molecule has 52 heavy (non-hydrogen) atoms. The third-order valence-corrected chi connectivity index (χ3v) is 9.76. The maximum Gasteiger partial charge on any atom is 0.416 e. The average molecular weight is 721 g/mol. The SMILES string of the molecule is CCCC1COC(CCc2ccc(-c3ccc(C(F)(F)F)cc3)cc2)OC1.CCCC1COC(CCc2ccc(-c3ccc(C)c(F)c3)cc2)OC1. The number of ether oxygens (including phenoxy) is 4. The van der Waals surface area contributed by atoms with Crippen molar-refractivity contribution in [1.29, 1.82) is 0 Å². The summed E-state index contributed by atoms with van der Waals surface area (Å²) in [5, 5.41) is 0. The molecule has 0 saturated carbocycles. The number of benzene rings is 4. The lowest BCUT2D eigenvalue weighted by molar-refractivity contribution is -0.203. The molecule has 4 aromatic rings. The number of alkyl halides is 3. The highest BCUT2D eigenvalue weighted by Crippen LogP contribution is 2.31. The van der Waals surface area contributed by atoms with Crippen LogP contribution in [0, 0.1) is 24.6 Å². The van der Waals surface area contributed by atoms with Gasteiger partial charge in [-0.1, -0.05) is 99.5 Å². The first-order valence-corrected chi connectivity index (χ1v) is 18.7. The zero-order valence-corrected chi connectivity index (χ0v) is 30.6. The Bertz CT molecular complexity index is 1620. The molecule has 0 aliphatic carbocycles. The Labute approximate surface area is 306 Å². The Morgan fingerprint density at radius 1 is 0.538 bits per heavy atom. The topological polar surface area (TPSA) is 36.9 Å². The minimum Gasteiger partial charge on any atom is -0.352 e. The van der Waals surface area contributed by atoms with E-state index < -0.39 is 11.7 Å². The molecule has 6 rings (SSSR count). The molecule has 0 unspecified atom stereocenters. The quantitative estimate of drug-likeness (QED) is 0.137. The fourth-order valence-electron chi connectivity index (χ4n) is 6.57. The summed E-state index contributed by atoms with van der Waals surface area (Å²) in [6, 6.07) is 26.9. The van der Waals surface area contributed by atoms with Crippen LogP contribution >= 0.6 is 0 Å². The molecule has 2 aliphatic heterocycles. The Hall–Kier alpha value is -3.56. The predicted molar refractivity (Wildman–Crippen MR) is 198 cm³/mol. The van der Waals surface area contributed by atoms with Gasteiger partial charge in [0.25, 0.3) is 0 Å². The number of hydrogen-bond acceptors (Lipinski definition) is 4. The lowest BCUT2D eigenvalue weighted by Gasteiger charge is -2.29. The summed E-state index contributed by atoms with van der Waals surface area (Å²) < 4.78 is 74.9. The van der Waals surface area contributed by atoms with E-state index in [1.54, 1.807) is 13.0 Å². The fraction of sp³-hybridized carbons (Fsp3) is 0.455. The monoisotopic (exact) mass is 720 g/mol. The molecule has 8 heteroatoms. The number of rotatable bonds is 12. The van der Waals surface area contributed by atoms with Crippen LogP contribution in [-0.4, -0.2) is 39.0 Å². The molecular weight excluding hydrogens is 668 g/mol. The van der Waals surface area contributed by atoms with Gasteiger partial charge in [0, 0.05) is 24.7 Å². The van der Waals surface area contributed by atoms with E-state index in [1.165, 1.54) is 30.5 Å². The van der Waals surface area contributed by atoms with Crippen LogP contribution in [-0.2, 0) is 38.0 Å². The molecule has 0 bridgehead atoms. The molecule has 0 radical (unpaired) electrons. The van der Waals surface area contributed by atoms with Crippen LogP contribution in [0.15, 0.2) is 91.0 Å². The van der Waals surface area contributed by atoms with Crippen LogP contribution in [0.5, 0.6) is 0 Å². The second kappa shape index (κ2) is 19.5. The van der Waals surface area contributed by atoms with Crippen LogP contribution in [0.4, 0.5) is 17.6 Å². The number of halogens is 4. The summed E-state index contributed by atoms with van der Waals surface area (Å²) in [5.41, 5.74) is 6.08. The summed E-state index contributed by atoms with van der Waals surface area (Å²) in [6.07, 6.45) is 3.55. The van der Waals surface area contributed by atoms with Gasteiger partial charge < -0.3 is 18.9 Å². The molecule has 0 N–H and O–H groups in total. The van der Waals surface area contributed by atoms with Gasteiger partial charge in [-0.2, -0.15) is 13.2 Å². The summed E-state index contributed by atoms with van der Waals surface area (Å²) in [6.45, 7) is 9.31. The van der Waals surface area contributed by atoms with Crippen LogP contribution in [0.2, 0.25) is 0 Å². The molecule has 0 amide bonds. The van der Waals surface area contributed by atoms with E-state index in [0.29, 0.717) is 17.4 Å². The minimum atomic E-state index is -4.30. The Kier molecular flexibility index (Phi) is 14.9. The second-order valence-corrected chi connectivity index (χ2v) is 14.0. The van der Waals surface area contributed by atoms with E-state index in [4.69, 9.17) is 18.9 Å². The molecule has 2 saturated heterocycles. The molecule has 280 valence electrons. The lowest BCUT2D eigenvalue weighted by Crippen LogP contribution is -2.32. The van der Waals surface area contributed by atoms with E-state index in [2.05, 4.69) is 38.1 Å². The van der Waals surface area contributed by atoms with Gasteiger partial charge in [0.2, 0.25) is 0 Å². The molecule has 4 aromatic carbocycles. The van der Waals surface area contributed by atoms with E-state index in [1.807, 2.05) is 36.4 Å². The van der Waals surface area contributed by atoms with Gasteiger partial charge >= 0.3 is 6.18 Å². The molecule has 4 nitrogen and oxygen atoms in total. The molecule has 0 atom stereocenters. The van der Waals surface area contributed by atoms with E-state index in [0.717, 1.165) is 105 Å².